The van der Waals surface area contributed by atoms with E-state index in [9.17, 15) is 0 Å². The zero-order valence-corrected chi connectivity index (χ0v) is 15.3. The Morgan fingerprint density at radius 2 is 1.92 bits per heavy atom. The molecular formula is C19H19N5OS. The van der Waals surface area contributed by atoms with Gasteiger partial charge in [0, 0.05) is 0 Å². The Morgan fingerprint density at radius 3 is 2.73 bits per heavy atom. The van der Waals surface area contributed by atoms with Crippen LogP contribution in [0.1, 0.15) is 31.2 Å². The molecule has 0 aliphatic carbocycles. The van der Waals surface area contributed by atoms with Crippen molar-refractivity contribution in [2.45, 2.75) is 37.1 Å². The molecule has 4 rings (SSSR count). The molecule has 0 aliphatic heterocycles. The predicted molar refractivity (Wildman–Crippen MR) is 101 cm³/mol. The Hall–Kier alpha value is -2.67. The van der Waals surface area contributed by atoms with E-state index in [1.54, 1.807) is 4.68 Å². The van der Waals surface area contributed by atoms with E-state index in [4.69, 9.17) is 4.42 Å². The second-order valence-corrected chi connectivity index (χ2v) is 6.95. The molecule has 26 heavy (non-hydrogen) atoms. The largest absolute Gasteiger partial charge is 0.440 e. The SMILES string of the molecule is CCCCc1ccc(-n2nnnc2SCc2nc3ccccc3o2)cc1. The summed E-state index contributed by atoms with van der Waals surface area (Å²) in [5, 5.41) is 12.8. The van der Waals surface area contributed by atoms with Gasteiger partial charge in [0.05, 0.1) is 11.4 Å². The molecule has 132 valence electrons. The predicted octanol–water partition coefficient (Wildman–Crippen LogP) is 4.44. The maximum absolute atomic E-state index is 5.76. The van der Waals surface area contributed by atoms with Gasteiger partial charge in [0.15, 0.2) is 5.58 Å². The van der Waals surface area contributed by atoms with E-state index in [-0.39, 0.29) is 0 Å². The molecule has 2 heterocycles. The molecule has 2 aromatic heterocycles. The van der Waals surface area contributed by atoms with Gasteiger partial charge in [0.25, 0.3) is 0 Å². The molecule has 7 heteroatoms. The van der Waals surface area contributed by atoms with Crippen molar-refractivity contribution in [1.29, 1.82) is 0 Å². The van der Waals surface area contributed by atoms with Crippen LogP contribution in [0, 0.1) is 0 Å². The van der Waals surface area contributed by atoms with Crippen LogP contribution in [0.25, 0.3) is 16.8 Å². The third-order valence-corrected chi connectivity index (χ3v) is 5.01. The maximum Gasteiger partial charge on any atom is 0.214 e. The van der Waals surface area contributed by atoms with E-state index in [1.807, 2.05) is 24.3 Å². The first-order valence-corrected chi connectivity index (χ1v) is 9.67. The van der Waals surface area contributed by atoms with Crippen LogP contribution in [0.3, 0.4) is 0 Å². The topological polar surface area (TPSA) is 69.6 Å². The van der Waals surface area contributed by atoms with Crippen molar-refractivity contribution < 1.29 is 4.42 Å². The summed E-state index contributed by atoms with van der Waals surface area (Å²) in [6.45, 7) is 2.20. The van der Waals surface area contributed by atoms with E-state index in [2.05, 4.69) is 51.7 Å². The van der Waals surface area contributed by atoms with E-state index in [1.165, 1.54) is 30.2 Å². The number of unbranched alkanes of at least 4 members (excludes halogenated alkanes) is 1. The Morgan fingerprint density at radius 1 is 1.08 bits per heavy atom. The maximum atomic E-state index is 5.76. The van der Waals surface area contributed by atoms with Crippen LogP contribution in [0.2, 0.25) is 0 Å². The van der Waals surface area contributed by atoms with Crippen LogP contribution in [0.4, 0.5) is 0 Å². The Labute approximate surface area is 155 Å². The van der Waals surface area contributed by atoms with Crippen molar-refractivity contribution >= 4 is 22.9 Å². The smallest absolute Gasteiger partial charge is 0.214 e. The van der Waals surface area contributed by atoms with Crippen molar-refractivity contribution in [2.24, 2.45) is 0 Å². The van der Waals surface area contributed by atoms with E-state index < -0.39 is 0 Å². The number of aryl methyl sites for hydroxylation is 1. The lowest BCUT2D eigenvalue weighted by molar-refractivity contribution is 0.556. The molecule has 4 aromatic rings. The fraction of sp³-hybridized carbons (Fsp3) is 0.263. The number of rotatable bonds is 7. The third-order valence-electron chi connectivity index (χ3n) is 4.10. The van der Waals surface area contributed by atoms with Gasteiger partial charge in [0.2, 0.25) is 11.0 Å². The molecule has 0 radical (unpaired) electrons. The number of oxazole rings is 1. The first-order chi connectivity index (χ1) is 12.8. The van der Waals surface area contributed by atoms with Gasteiger partial charge in [0.1, 0.15) is 5.52 Å². The highest BCUT2D eigenvalue weighted by atomic mass is 32.2. The summed E-state index contributed by atoms with van der Waals surface area (Å²) in [6, 6.07) is 16.2. The lowest BCUT2D eigenvalue weighted by atomic mass is 10.1. The number of hydrogen-bond acceptors (Lipinski definition) is 6. The number of para-hydroxylation sites is 2. The molecule has 0 bridgehead atoms. The zero-order valence-electron chi connectivity index (χ0n) is 14.5. The summed E-state index contributed by atoms with van der Waals surface area (Å²) >= 11 is 1.51. The fourth-order valence-electron chi connectivity index (χ4n) is 2.72. The summed E-state index contributed by atoms with van der Waals surface area (Å²) in [4.78, 5) is 4.49. The average molecular weight is 365 g/mol. The highest BCUT2D eigenvalue weighted by molar-refractivity contribution is 7.98. The van der Waals surface area contributed by atoms with E-state index >= 15 is 0 Å². The molecule has 0 unspecified atom stereocenters. The average Bonchev–Trinajstić information content (AvgIpc) is 3.31. The van der Waals surface area contributed by atoms with E-state index in [0.717, 1.165) is 23.2 Å². The molecule has 0 atom stereocenters. The number of fused-ring (bicyclic) bond motifs is 1. The van der Waals surface area contributed by atoms with Gasteiger partial charge in [-0.3, -0.25) is 0 Å². The molecule has 0 saturated heterocycles. The van der Waals surface area contributed by atoms with Crippen LogP contribution in [-0.2, 0) is 12.2 Å². The fourth-order valence-corrected chi connectivity index (χ4v) is 3.46. The quantitative estimate of drug-likeness (QED) is 0.451. The van der Waals surface area contributed by atoms with Crippen LogP contribution >= 0.6 is 11.8 Å². The number of nitrogens with zero attached hydrogens (tertiary/aromatic N) is 5. The van der Waals surface area contributed by atoms with Gasteiger partial charge in [-0.2, -0.15) is 4.68 Å². The number of benzene rings is 2. The Kier molecular flexibility index (Phi) is 4.97. The summed E-state index contributed by atoms with van der Waals surface area (Å²) < 4.78 is 7.50. The lowest BCUT2D eigenvalue weighted by Gasteiger charge is -2.05. The van der Waals surface area contributed by atoms with Gasteiger partial charge in [-0.1, -0.05) is 49.4 Å². The number of hydrogen-bond donors (Lipinski definition) is 0. The number of aromatic nitrogens is 5. The standard InChI is InChI=1S/C19H19N5OS/c1-2-3-6-14-9-11-15(12-10-14)24-19(21-22-23-24)26-13-18-20-16-7-4-5-8-17(16)25-18/h4-5,7-12H,2-3,6,13H2,1H3. The summed E-state index contributed by atoms with van der Waals surface area (Å²) in [5.74, 6) is 1.24. The molecular weight excluding hydrogens is 346 g/mol. The number of thioether (sulfide) groups is 1. The minimum Gasteiger partial charge on any atom is -0.440 e. The van der Waals surface area contributed by atoms with Crippen LogP contribution in [0.5, 0.6) is 0 Å². The Balaban J connectivity index is 1.48. The monoisotopic (exact) mass is 365 g/mol. The third kappa shape index (κ3) is 3.62. The van der Waals surface area contributed by atoms with Gasteiger partial charge in [-0.25, -0.2) is 4.98 Å². The van der Waals surface area contributed by atoms with E-state index in [0.29, 0.717) is 16.8 Å². The first-order valence-electron chi connectivity index (χ1n) is 8.68. The molecule has 0 N–H and O–H groups in total. The normalized spacial score (nSPS) is 11.3. The summed E-state index contributed by atoms with van der Waals surface area (Å²) in [5.41, 5.74) is 3.95. The minimum atomic E-state index is 0.573. The van der Waals surface area contributed by atoms with Crippen molar-refractivity contribution in [2.75, 3.05) is 0 Å². The summed E-state index contributed by atoms with van der Waals surface area (Å²) in [7, 11) is 0. The van der Waals surface area contributed by atoms with Crippen molar-refractivity contribution in [3.8, 4) is 5.69 Å². The van der Waals surface area contributed by atoms with Crippen molar-refractivity contribution in [1.82, 2.24) is 25.2 Å². The second kappa shape index (κ2) is 7.70. The van der Waals surface area contributed by atoms with Gasteiger partial charge < -0.3 is 4.42 Å². The molecule has 0 aliphatic rings. The van der Waals surface area contributed by atoms with Crippen molar-refractivity contribution in [3.05, 3.63) is 60.0 Å². The van der Waals surface area contributed by atoms with Crippen LogP contribution in [-0.4, -0.2) is 25.2 Å². The second-order valence-electron chi connectivity index (χ2n) is 6.01. The van der Waals surface area contributed by atoms with Gasteiger partial charge in [-0.05, 0) is 53.1 Å². The van der Waals surface area contributed by atoms with Crippen LogP contribution in [0.15, 0.2) is 58.1 Å². The minimum absolute atomic E-state index is 0.573. The molecule has 2 aromatic carbocycles. The molecule has 0 amide bonds. The molecule has 0 fully saturated rings. The highest BCUT2D eigenvalue weighted by Crippen LogP contribution is 2.24. The van der Waals surface area contributed by atoms with Crippen molar-refractivity contribution in [3.63, 3.8) is 0 Å². The van der Waals surface area contributed by atoms with Gasteiger partial charge >= 0.3 is 0 Å². The number of tetrazole rings is 1. The first kappa shape index (κ1) is 16.8. The Bertz CT molecular complexity index is 960. The molecule has 0 saturated carbocycles. The summed E-state index contributed by atoms with van der Waals surface area (Å²) in [6.07, 6.45) is 3.51. The molecule has 0 spiro atoms. The lowest BCUT2D eigenvalue weighted by Crippen LogP contribution is -1.99. The zero-order chi connectivity index (χ0) is 17.8. The molecule has 6 nitrogen and oxygen atoms in total. The van der Waals surface area contributed by atoms with Crippen LogP contribution < -0.4 is 0 Å². The van der Waals surface area contributed by atoms with Gasteiger partial charge in [-0.15, -0.1) is 5.10 Å². The highest BCUT2D eigenvalue weighted by Gasteiger charge is 2.12.